The summed E-state index contributed by atoms with van der Waals surface area (Å²) in [6, 6.07) is 17.7. The van der Waals surface area contributed by atoms with Crippen molar-refractivity contribution in [1.29, 1.82) is 0 Å². The van der Waals surface area contributed by atoms with Crippen LogP contribution in [0, 0.1) is 0 Å². The number of primary amides is 1. The third kappa shape index (κ3) is 5.04. The maximum absolute atomic E-state index is 12.0. The largest absolute Gasteiger partial charge is 0.364 e. The van der Waals surface area contributed by atoms with Gasteiger partial charge in [0.25, 0.3) is 5.91 Å². The molecule has 0 aliphatic rings. The molecule has 2 aromatic carbocycles. The minimum absolute atomic E-state index is 0.117. The molecule has 0 saturated carbocycles. The highest BCUT2D eigenvalue weighted by Gasteiger charge is 2.08. The van der Waals surface area contributed by atoms with Crippen LogP contribution >= 0.6 is 0 Å². The molecule has 8 nitrogen and oxygen atoms in total. The normalized spacial score (nSPS) is 10.3. The molecule has 3 amide bonds. The van der Waals surface area contributed by atoms with Gasteiger partial charge in [-0.1, -0.05) is 30.3 Å². The first-order valence-electron chi connectivity index (χ1n) is 8.57. The molecular weight excluding hydrogens is 358 g/mol. The van der Waals surface area contributed by atoms with Crippen molar-refractivity contribution < 1.29 is 14.4 Å². The lowest BCUT2D eigenvalue weighted by molar-refractivity contribution is -0.123. The Morgan fingerprint density at radius 3 is 2.29 bits per heavy atom. The van der Waals surface area contributed by atoms with Crippen molar-refractivity contribution in [2.24, 2.45) is 5.73 Å². The first kappa shape index (κ1) is 18.8. The first-order chi connectivity index (χ1) is 13.5. The minimum atomic E-state index is -0.600. The summed E-state index contributed by atoms with van der Waals surface area (Å²) in [6.07, 6.45) is 1.84. The van der Waals surface area contributed by atoms with E-state index in [2.05, 4.69) is 15.7 Å². The number of hydrogen-bond acceptors (Lipinski definition) is 4. The smallest absolute Gasteiger partial charge is 0.269 e. The Morgan fingerprint density at radius 2 is 1.64 bits per heavy atom. The van der Waals surface area contributed by atoms with Crippen LogP contribution in [0.25, 0.3) is 5.69 Å². The molecule has 0 saturated heterocycles. The molecule has 0 spiro atoms. The van der Waals surface area contributed by atoms with Crippen molar-refractivity contribution >= 4 is 23.4 Å². The summed E-state index contributed by atoms with van der Waals surface area (Å²) in [5.41, 5.74) is 7.53. The quantitative estimate of drug-likeness (QED) is 0.574. The fraction of sp³-hybridized carbons (Fsp3) is 0.100. The van der Waals surface area contributed by atoms with Crippen molar-refractivity contribution in [1.82, 2.24) is 15.1 Å². The third-order valence-corrected chi connectivity index (χ3v) is 3.91. The van der Waals surface area contributed by atoms with E-state index in [9.17, 15) is 14.4 Å². The van der Waals surface area contributed by atoms with Gasteiger partial charge in [0, 0.05) is 11.9 Å². The molecule has 0 atom stereocenters. The SMILES string of the molecule is NC(=O)c1ccn(-c2ccc(NC(=O)CNC(=O)Cc3ccccc3)cc2)n1. The number of hydrogen-bond donors (Lipinski definition) is 3. The van der Waals surface area contributed by atoms with Gasteiger partial charge in [-0.25, -0.2) is 4.68 Å². The van der Waals surface area contributed by atoms with Gasteiger partial charge >= 0.3 is 0 Å². The molecule has 3 aromatic rings. The van der Waals surface area contributed by atoms with Gasteiger partial charge in [-0.2, -0.15) is 5.10 Å². The predicted molar refractivity (Wildman–Crippen MR) is 104 cm³/mol. The molecule has 0 bridgehead atoms. The molecule has 0 radical (unpaired) electrons. The number of rotatable bonds is 7. The Bertz CT molecular complexity index is 981. The highest BCUT2D eigenvalue weighted by molar-refractivity contribution is 5.94. The standard InChI is InChI=1S/C20H19N5O3/c21-20(28)17-10-11-25(24-17)16-8-6-15(7-9-16)23-19(27)13-22-18(26)12-14-4-2-1-3-5-14/h1-11H,12-13H2,(H2,21,28)(H,22,26)(H,23,27). The second-order valence-electron chi connectivity index (χ2n) is 6.04. The summed E-state index contributed by atoms with van der Waals surface area (Å²) in [5.74, 6) is -1.15. The van der Waals surface area contributed by atoms with Crippen LogP contribution < -0.4 is 16.4 Å². The first-order valence-corrected chi connectivity index (χ1v) is 8.57. The van der Waals surface area contributed by atoms with Crippen LogP contribution in [-0.4, -0.2) is 34.0 Å². The van der Waals surface area contributed by atoms with Gasteiger partial charge in [-0.3, -0.25) is 14.4 Å². The zero-order valence-corrected chi connectivity index (χ0v) is 15.0. The maximum atomic E-state index is 12.0. The van der Waals surface area contributed by atoms with Gasteiger partial charge < -0.3 is 16.4 Å². The molecule has 0 aliphatic heterocycles. The monoisotopic (exact) mass is 377 g/mol. The second kappa shape index (κ2) is 8.63. The van der Waals surface area contributed by atoms with Crippen molar-refractivity contribution in [3.8, 4) is 5.69 Å². The van der Waals surface area contributed by atoms with Crippen molar-refractivity contribution in [3.05, 3.63) is 78.1 Å². The molecule has 4 N–H and O–H groups in total. The summed E-state index contributed by atoms with van der Waals surface area (Å²) in [6.45, 7) is -0.117. The minimum Gasteiger partial charge on any atom is -0.364 e. The van der Waals surface area contributed by atoms with Crippen LogP contribution in [0.15, 0.2) is 66.9 Å². The Hall–Kier alpha value is -3.94. The summed E-state index contributed by atoms with van der Waals surface area (Å²) < 4.78 is 1.51. The number of carbonyl (C=O) groups is 3. The lowest BCUT2D eigenvalue weighted by Crippen LogP contribution is -2.33. The second-order valence-corrected chi connectivity index (χ2v) is 6.04. The molecular formula is C20H19N5O3. The number of carbonyl (C=O) groups excluding carboxylic acids is 3. The average molecular weight is 377 g/mol. The van der Waals surface area contributed by atoms with Gasteiger partial charge in [-0.15, -0.1) is 0 Å². The van der Waals surface area contributed by atoms with E-state index >= 15 is 0 Å². The Kier molecular flexibility index (Phi) is 5.81. The summed E-state index contributed by atoms with van der Waals surface area (Å²) in [4.78, 5) is 35.0. The molecule has 28 heavy (non-hydrogen) atoms. The van der Waals surface area contributed by atoms with Gasteiger partial charge in [0.1, 0.15) is 5.69 Å². The van der Waals surface area contributed by atoms with E-state index in [1.165, 1.54) is 10.7 Å². The predicted octanol–water partition coefficient (Wildman–Crippen LogP) is 1.27. The van der Waals surface area contributed by atoms with Gasteiger partial charge in [0.05, 0.1) is 18.7 Å². The van der Waals surface area contributed by atoms with Crippen molar-refractivity contribution in [3.63, 3.8) is 0 Å². The van der Waals surface area contributed by atoms with Gasteiger partial charge in [0.2, 0.25) is 11.8 Å². The van der Waals surface area contributed by atoms with Crippen LogP contribution in [0.5, 0.6) is 0 Å². The number of anilines is 1. The van der Waals surface area contributed by atoms with E-state index < -0.39 is 5.91 Å². The zero-order chi connectivity index (χ0) is 19.9. The molecule has 3 rings (SSSR count). The maximum Gasteiger partial charge on any atom is 0.269 e. The van der Waals surface area contributed by atoms with Crippen LogP contribution in [0.3, 0.4) is 0 Å². The van der Waals surface area contributed by atoms with E-state index in [-0.39, 0.29) is 30.5 Å². The number of benzene rings is 2. The topological polar surface area (TPSA) is 119 Å². The summed E-state index contributed by atoms with van der Waals surface area (Å²) in [5, 5.41) is 9.36. The molecule has 0 unspecified atom stereocenters. The van der Waals surface area contributed by atoms with Crippen LogP contribution in [-0.2, 0) is 16.0 Å². The highest BCUT2D eigenvalue weighted by atomic mass is 16.2. The molecule has 1 aromatic heterocycles. The van der Waals surface area contributed by atoms with E-state index in [4.69, 9.17) is 5.73 Å². The number of nitrogens with zero attached hydrogens (tertiary/aromatic N) is 2. The van der Waals surface area contributed by atoms with Crippen LogP contribution in [0.2, 0.25) is 0 Å². The number of amides is 3. The fourth-order valence-corrected chi connectivity index (χ4v) is 2.52. The van der Waals surface area contributed by atoms with Gasteiger partial charge in [-0.05, 0) is 35.9 Å². The van der Waals surface area contributed by atoms with E-state index in [0.29, 0.717) is 11.4 Å². The molecule has 142 valence electrons. The number of aromatic nitrogens is 2. The molecule has 0 aliphatic carbocycles. The summed E-state index contributed by atoms with van der Waals surface area (Å²) >= 11 is 0. The highest BCUT2D eigenvalue weighted by Crippen LogP contribution is 2.13. The number of nitrogens with two attached hydrogens (primary N) is 1. The van der Waals surface area contributed by atoms with E-state index in [1.807, 2.05) is 30.3 Å². The van der Waals surface area contributed by atoms with Gasteiger partial charge in [0.15, 0.2) is 0 Å². The van der Waals surface area contributed by atoms with Crippen molar-refractivity contribution in [2.75, 3.05) is 11.9 Å². The Labute approximate surface area is 161 Å². The third-order valence-electron chi connectivity index (χ3n) is 3.91. The van der Waals surface area contributed by atoms with Crippen molar-refractivity contribution in [2.45, 2.75) is 6.42 Å². The number of nitrogens with one attached hydrogen (secondary N) is 2. The molecule has 1 heterocycles. The molecule has 8 heteroatoms. The zero-order valence-electron chi connectivity index (χ0n) is 15.0. The average Bonchev–Trinajstić information content (AvgIpc) is 3.18. The lowest BCUT2D eigenvalue weighted by atomic mass is 10.1. The molecule has 0 fully saturated rings. The van der Waals surface area contributed by atoms with E-state index in [0.717, 1.165) is 5.56 Å². The van der Waals surface area contributed by atoms with E-state index in [1.54, 1.807) is 30.5 Å². The lowest BCUT2D eigenvalue weighted by Gasteiger charge is -2.08. The Morgan fingerprint density at radius 1 is 0.929 bits per heavy atom. The van der Waals surface area contributed by atoms with Crippen LogP contribution in [0.4, 0.5) is 5.69 Å². The summed E-state index contributed by atoms with van der Waals surface area (Å²) in [7, 11) is 0. The van der Waals surface area contributed by atoms with Crippen LogP contribution in [0.1, 0.15) is 16.1 Å². The fourth-order valence-electron chi connectivity index (χ4n) is 2.52. The Balaban J connectivity index is 1.50.